The van der Waals surface area contributed by atoms with Crippen LogP contribution in [0.25, 0.3) is 11.0 Å². The van der Waals surface area contributed by atoms with Crippen molar-refractivity contribution in [3.63, 3.8) is 0 Å². The number of carbonyl (C=O) groups excluding carboxylic acids is 1. The Morgan fingerprint density at radius 1 is 1.39 bits per heavy atom. The average Bonchev–Trinajstić information content (AvgIpc) is 2.72. The fourth-order valence-electron chi connectivity index (χ4n) is 1.68. The van der Waals surface area contributed by atoms with Gasteiger partial charge in [-0.15, -0.1) is 0 Å². The van der Waals surface area contributed by atoms with Crippen LogP contribution in [0.2, 0.25) is 0 Å². The molecule has 18 heavy (non-hydrogen) atoms. The van der Waals surface area contributed by atoms with Gasteiger partial charge in [-0.2, -0.15) is 5.10 Å². The van der Waals surface area contributed by atoms with Crippen molar-refractivity contribution in [2.45, 2.75) is 40.5 Å². The number of nitrogens with zero attached hydrogens (tertiary/aromatic N) is 2. The molecule has 3 N–H and O–H groups in total. The van der Waals surface area contributed by atoms with Crippen molar-refractivity contribution >= 4 is 16.9 Å². The van der Waals surface area contributed by atoms with Gasteiger partial charge >= 0.3 is 0 Å². The lowest BCUT2D eigenvalue weighted by Crippen LogP contribution is -2.13. The minimum atomic E-state index is -0.446. The standard InChI is InChI=1S/C11H14N4O.C2H6/c1-5(2)8-4-7(10(12)16)9-6(3)14-15-11(9)13-8;1-2/h4-5H,1-3H3,(H2,12,16)(H,13,14,15);1-2H3. The maximum absolute atomic E-state index is 11.4. The molecule has 2 aromatic rings. The SMILES string of the molecule is CC.Cc1[nH]nc2nc(C(C)C)cc(C(N)=O)c12. The molecular formula is C13H20N4O. The van der Waals surface area contributed by atoms with Crippen LogP contribution in [0.15, 0.2) is 6.07 Å². The third kappa shape index (κ3) is 2.50. The van der Waals surface area contributed by atoms with E-state index in [4.69, 9.17) is 5.73 Å². The van der Waals surface area contributed by atoms with E-state index in [0.29, 0.717) is 11.2 Å². The molecule has 5 heteroatoms. The van der Waals surface area contributed by atoms with Gasteiger partial charge in [-0.05, 0) is 18.9 Å². The Balaban J connectivity index is 0.000000771. The minimum Gasteiger partial charge on any atom is -0.366 e. The largest absolute Gasteiger partial charge is 0.366 e. The summed E-state index contributed by atoms with van der Waals surface area (Å²) < 4.78 is 0. The van der Waals surface area contributed by atoms with Crippen molar-refractivity contribution in [1.29, 1.82) is 0 Å². The molecule has 0 bridgehead atoms. The number of aromatic nitrogens is 3. The van der Waals surface area contributed by atoms with Crippen molar-refractivity contribution in [1.82, 2.24) is 15.2 Å². The van der Waals surface area contributed by atoms with Gasteiger partial charge in [0.25, 0.3) is 0 Å². The quantitative estimate of drug-likeness (QED) is 0.856. The van der Waals surface area contributed by atoms with Crippen LogP contribution in [0.1, 0.15) is 55.4 Å². The van der Waals surface area contributed by atoms with E-state index in [2.05, 4.69) is 15.2 Å². The lowest BCUT2D eigenvalue weighted by Gasteiger charge is -2.06. The van der Waals surface area contributed by atoms with E-state index in [1.807, 2.05) is 34.6 Å². The average molecular weight is 248 g/mol. The molecule has 0 aliphatic rings. The number of hydrogen-bond acceptors (Lipinski definition) is 3. The van der Waals surface area contributed by atoms with E-state index in [0.717, 1.165) is 16.8 Å². The first-order chi connectivity index (χ1) is 8.50. The molecule has 2 rings (SSSR count). The molecule has 0 saturated carbocycles. The van der Waals surface area contributed by atoms with Crippen LogP contribution in [-0.4, -0.2) is 21.1 Å². The smallest absolute Gasteiger partial charge is 0.249 e. The lowest BCUT2D eigenvalue weighted by molar-refractivity contribution is 0.100. The van der Waals surface area contributed by atoms with Crippen LogP contribution >= 0.6 is 0 Å². The molecule has 0 saturated heterocycles. The van der Waals surface area contributed by atoms with E-state index in [-0.39, 0.29) is 5.92 Å². The molecule has 0 fully saturated rings. The minimum absolute atomic E-state index is 0.236. The Kier molecular flexibility index (Phi) is 4.42. The number of fused-ring (bicyclic) bond motifs is 1. The van der Waals surface area contributed by atoms with Crippen molar-refractivity contribution in [2.75, 3.05) is 0 Å². The van der Waals surface area contributed by atoms with Crippen molar-refractivity contribution in [3.05, 3.63) is 23.0 Å². The number of rotatable bonds is 2. The number of primary amides is 1. The fourth-order valence-corrected chi connectivity index (χ4v) is 1.68. The summed E-state index contributed by atoms with van der Waals surface area (Å²) in [5.41, 5.74) is 8.05. The van der Waals surface area contributed by atoms with Gasteiger partial charge in [0.05, 0.1) is 10.9 Å². The predicted octanol–water partition coefficient (Wildman–Crippen LogP) is 2.51. The first-order valence-electron chi connectivity index (χ1n) is 6.16. The molecule has 0 atom stereocenters. The summed E-state index contributed by atoms with van der Waals surface area (Å²) >= 11 is 0. The summed E-state index contributed by atoms with van der Waals surface area (Å²) in [6, 6.07) is 1.75. The number of nitrogens with two attached hydrogens (primary N) is 1. The Morgan fingerprint density at radius 2 is 2.00 bits per heavy atom. The highest BCUT2D eigenvalue weighted by molar-refractivity contribution is 6.05. The van der Waals surface area contributed by atoms with Crippen molar-refractivity contribution in [2.24, 2.45) is 5.73 Å². The number of H-pyrrole nitrogens is 1. The Hall–Kier alpha value is -1.91. The topological polar surface area (TPSA) is 84.7 Å². The highest BCUT2D eigenvalue weighted by atomic mass is 16.1. The molecule has 0 spiro atoms. The van der Waals surface area contributed by atoms with Crippen LogP contribution in [-0.2, 0) is 0 Å². The van der Waals surface area contributed by atoms with Crippen molar-refractivity contribution in [3.8, 4) is 0 Å². The molecule has 5 nitrogen and oxygen atoms in total. The summed E-state index contributed by atoms with van der Waals surface area (Å²) in [7, 11) is 0. The highest BCUT2D eigenvalue weighted by Gasteiger charge is 2.15. The molecule has 98 valence electrons. The van der Waals surface area contributed by atoms with Gasteiger partial charge in [0, 0.05) is 11.4 Å². The third-order valence-corrected chi connectivity index (χ3v) is 2.58. The number of hydrogen-bond donors (Lipinski definition) is 2. The number of aromatic amines is 1. The first-order valence-corrected chi connectivity index (χ1v) is 6.16. The number of carbonyl (C=O) groups is 1. The van der Waals surface area contributed by atoms with Gasteiger partial charge in [-0.1, -0.05) is 27.7 Å². The second-order valence-electron chi connectivity index (χ2n) is 4.16. The van der Waals surface area contributed by atoms with E-state index in [1.165, 1.54) is 0 Å². The zero-order valence-corrected chi connectivity index (χ0v) is 11.5. The van der Waals surface area contributed by atoms with Gasteiger partial charge < -0.3 is 5.73 Å². The van der Waals surface area contributed by atoms with Gasteiger partial charge in [-0.25, -0.2) is 4.98 Å². The maximum atomic E-state index is 11.4. The molecule has 0 aliphatic heterocycles. The van der Waals surface area contributed by atoms with Crippen LogP contribution in [0.5, 0.6) is 0 Å². The summed E-state index contributed by atoms with van der Waals surface area (Å²) in [5.74, 6) is -0.210. The van der Waals surface area contributed by atoms with Crippen LogP contribution in [0.4, 0.5) is 0 Å². The van der Waals surface area contributed by atoms with Crippen LogP contribution < -0.4 is 5.73 Å². The highest BCUT2D eigenvalue weighted by Crippen LogP contribution is 2.22. The van der Waals surface area contributed by atoms with Gasteiger partial charge in [0.1, 0.15) is 0 Å². The molecule has 0 radical (unpaired) electrons. The van der Waals surface area contributed by atoms with E-state index in [9.17, 15) is 4.79 Å². The van der Waals surface area contributed by atoms with Crippen LogP contribution in [0.3, 0.4) is 0 Å². The Labute approximate surface area is 107 Å². The number of aryl methyl sites for hydroxylation is 1. The Morgan fingerprint density at radius 3 is 2.50 bits per heavy atom. The maximum Gasteiger partial charge on any atom is 0.249 e. The first kappa shape index (κ1) is 14.2. The molecule has 1 amide bonds. The second-order valence-corrected chi connectivity index (χ2v) is 4.16. The normalized spacial score (nSPS) is 10.3. The van der Waals surface area contributed by atoms with E-state index >= 15 is 0 Å². The molecule has 0 aromatic carbocycles. The van der Waals surface area contributed by atoms with Crippen LogP contribution in [0, 0.1) is 6.92 Å². The number of amides is 1. The molecule has 0 aliphatic carbocycles. The summed E-state index contributed by atoms with van der Waals surface area (Å²) in [6.07, 6.45) is 0. The zero-order chi connectivity index (χ0) is 13.9. The van der Waals surface area contributed by atoms with Crippen molar-refractivity contribution < 1.29 is 4.79 Å². The van der Waals surface area contributed by atoms with Gasteiger partial charge in [-0.3, -0.25) is 9.89 Å². The third-order valence-electron chi connectivity index (χ3n) is 2.58. The molecular weight excluding hydrogens is 228 g/mol. The second kappa shape index (κ2) is 5.62. The van der Waals surface area contributed by atoms with E-state index < -0.39 is 5.91 Å². The number of nitrogens with one attached hydrogen (secondary N) is 1. The van der Waals surface area contributed by atoms with Gasteiger partial charge in [0.2, 0.25) is 5.91 Å². The molecule has 2 heterocycles. The Bertz CT molecular complexity index is 557. The summed E-state index contributed by atoms with van der Waals surface area (Å²) in [5, 5.41) is 7.60. The molecule has 0 unspecified atom stereocenters. The monoisotopic (exact) mass is 248 g/mol. The number of pyridine rings is 1. The van der Waals surface area contributed by atoms with Gasteiger partial charge in [0.15, 0.2) is 5.65 Å². The predicted molar refractivity (Wildman–Crippen MR) is 72.6 cm³/mol. The molecule has 2 aromatic heterocycles. The summed E-state index contributed by atoms with van der Waals surface area (Å²) in [4.78, 5) is 15.8. The zero-order valence-electron chi connectivity index (χ0n) is 11.5. The van der Waals surface area contributed by atoms with E-state index in [1.54, 1.807) is 6.07 Å². The fraction of sp³-hybridized carbons (Fsp3) is 0.462. The summed E-state index contributed by atoms with van der Waals surface area (Å²) in [6.45, 7) is 9.87. The lowest BCUT2D eigenvalue weighted by atomic mass is 10.0.